The third kappa shape index (κ3) is 3.14. The summed E-state index contributed by atoms with van der Waals surface area (Å²) in [6, 6.07) is 5.70. The number of nitrogens with zero attached hydrogens (tertiary/aromatic N) is 2. The second-order valence-corrected chi connectivity index (χ2v) is 6.29. The van der Waals surface area contributed by atoms with Gasteiger partial charge >= 0.3 is 0 Å². The van der Waals surface area contributed by atoms with E-state index >= 15 is 0 Å². The van der Waals surface area contributed by atoms with Crippen LogP contribution < -0.4 is 5.32 Å². The van der Waals surface area contributed by atoms with Gasteiger partial charge in [-0.2, -0.15) is 0 Å². The Morgan fingerprint density at radius 1 is 1.27 bits per heavy atom. The van der Waals surface area contributed by atoms with E-state index in [1.54, 1.807) is 6.07 Å². The number of nitrogens with one attached hydrogen (secondary N) is 1. The fraction of sp³-hybridized carbons (Fsp3) is 0.333. The Hall–Kier alpha value is -2.28. The van der Waals surface area contributed by atoms with E-state index in [0.717, 1.165) is 31.4 Å². The van der Waals surface area contributed by atoms with Crippen molar-refractivity contribution in [2.45, 2.75) is 32.1 Å². The van der Waals surface area contributed by atoms with Crippen LogP contribution in [-0.2, 0) is 12.8 Å². The normalized spacial score (nSPS) is 14.0. The lowest BCUT2D eigenvalue weighted by molar-refractivity contribution is -0.384. The Morgan fingerprint density at radius 3 is 2.91 bits per heavy atom. The average molecular weight is 317 g/mol. The standard InChI is InChI=1S/C15H15N3O3S/c19-14(10-5-4-6-11(9-10)18(20)21)17-15-16-12-7-2-1-3-8-13(12)22-15/h4-6,9H,1-3,7-8H2,(H,16,17,19). The van der Waals surface area contributed by atoms with Crippen LogP contribution in [0, 0.1) is 10.1 Å². The van der Waals surface area contributed by atoms with Crippen molar-refractivity contribution in [2.75, 3.05) is 5.32 Å². The molecule has 0 bridgehead atoms. The molecule has 7 heteroatoms. The van der Waals surface area contributed by atoms with Crippen molar-refractivity contribution in [3.63, 3.8) is 0 Å². The summed E-state index contributed by atoms with van der Waals surface area (Å²) in [7, 11) is 0. The van der Waals surface area contributed by atoms with Crippen LogP contribution >= 0.6 is 11.3 Å². The number of rotatable bonds is 3. The molecule has 0 aliphatic heterocycles. The number of carbonyl (C=O) groups is 1. The van der Waals surface area contributed by atoms with Crippen molar-refractivity contribution in [3.8, 4) is 0 Å². The van der Waals surface area contributed by atoms with Gasteiger partial charge in [0.05, 0.1) is 10.6 Å². The Morgan fingerprint density at radius 2 is 2.09 bits per heavy atom. The molecule has 1 heterocycles. The molecule has 0 fully saturated rings. The molecule has 2 aromatic rings. The zero-order valence-corrected chi connectivity index (χ0v) is 12.7. The number of thiazole rings is 1. The van der Waals surface area contributed by atoms with Crippen LogP contribution in [-0.4, -0.2) is 15.8 Å². The number of amides is 1. The molecule has 0 saturated carbocycles. The fourth-order valence-corrected chi connectivity index (χ4v) is 3.56. The van der Waals surface area contributed by atoms with Crippen LogP contribution in [0.2, 0.25) is 0 Å². The molecule has 1 aromatic carbocycles. The summed E-state index contributed by atoms with van der Waals surface area (Å²) in [5, 5.41) is 14.1. The maximum atomic E-state index is 12.2. The van der Waals surface area contributed by atoms with Crippen molar-refractivity contribution in [1.82, 2.24) is 4.98 Å². The molecule has 1 amide bonds. The highest BCUT2D eigenvalue weighted by atomic mass is 32.1. The number of anilines is 1. The largest absolute Gasteiger partial charge is 0.298 e. The van der Waals surface area contributed by atoms with Gasteiger partial charge in [0.15, 0.2) is 5.13 Å². The molecule has 1 aromatic heterocycles. The quantitative estimate of drug-likeness (QED) is 0.533. The Bertz CT molecular complexity index is 703. The molecule has 0 radical (unpaired) electrons. The Balaban J connectivity index is 1.77. The van der Waals surface area contributed by atoms with Crippen LogP contribution in [0.5, 0.6) is 0 Å². The van der Waals surface area contributed by atoms with E-state index in [9.17, 15) is 14.9 Å². The monoisotopic (exact) mass is 317 g/mol. The molecular weight excluding hydrogens is 302 g/mol. The summed E-state index contributed by atoms with van der Waals surface area (Å²) in [6.45, 7) is 0. The van der Waals surface area contributed by atoms with Crippen LogP contribution in [0.3, 0.4) is 0 Å². The summed E-state index contributed by atoms with van der Waals surface area (Å²) >= 11 is 1.51. The molecule has 1 aliphatic rings. The first-order valence-corrected chi connectivity index (χ1v) is 7.99. The lowest BCUT2D eigenvalue weighted by atomic mass is 10.2. The van der Waals surface area contributed by atoms with Crippen molar-refractivity contribution >= 4 is 28.1 Å². The van der Waals surface area contributed by atoms with Crippen molar-refractivity contribution in [2.24, 2.45) is 0 Å². The molecule has 1 N–H and O–H groups in total. The number of nitro benzene ring substituents is 1. The summed E-state index contributed by atoms with van der Waals surface area (Å²) in [5.74, 6) is -0.368. The lowest BCUT2D eigenvalue weighted by Gasteiger charge is -2.01. The van der Waals surface area contributed by atoms with Crippen molar-refractivity contribution in [3.05, 3.63) is 50.5 Å². The van der Waals surface area contributed by atoms with E-state index in [-0.39, 0.29) is 17.2 Å². The predicted molar refractivity (Wildman–Crippen MR) is 84.4 cm³/mol. The molecule has 6 nitrogen and oxygen atoms in total. The Kier molecular flexibility index (Phi) is 4.15. The second-order valence-electron chi connectivity index (χ2n) is 5.21. The van der Waals surface area contributed by atoms with Gasteiger partial charge in [0, 0.05) is 22.6 Å². The number of benzene rings is 1. The number of aromatic nitrogens is 1. The highest BCUT2D eigenvalue weighted by Gasteiger charge is 2.17. The maximum absolute atomic E-state index is 12.2. The van der Waals surface area contributed by atoms with Gasteiger partial charge in [-0.25, -0.2) is 4.98 Å². The first-order chi connectivity index (χ1) is 10.6. The second kappa shape index (κ2) is 6.23. The van der Waals surface area contributed by atoms with Crippen LogP contribution in [0.15, 0.2) is 24.3 Å². The van der Waals surface area contributed by atoms with Crippen molar-refractivity contribution < 1.29 is 9.72 Å². The molecule has 114 valence electrons. The molecular formula is C15H15N3O3S. The van der Waals surface area contributed by atoms with Gasteiger partial charge in [0.2, 0.25) is 0 Å². The Labute approximate surface area is 131 Å². The van der Waals surface area contributed by atoms with Gasteiger partial charge in [-0.05, 0) is 31.7 Å². The highest BCUT2D eigenvalue weighted by Crippen LogP contribution is 2.29. The molecule has 1 aliphatic carbocycles. The summed E-state index contributed by atoms with van der Waals surface area (Å²) in [4.78, 5) is 28.2. The first kappa shape index (κ1) is 14.6. The lowest BCUT2D eigenvalue weighted by Crippen LogP contribution is -2.12. The van der Waals surface area contributed by atoms with Crippen LogP contribution in [0.4, 0.5) is 10.8 Å². The van der Waals surface area contributed by atoms with E-state index in [4.69, 9.17) is 0 Å². The predicted octanol–water partition coefficient (Wildman–Crippen LogP) is 3.57. The molecule has 22 heavy (non-hydrogen) atoms. The molecule has 0 atom stereocenters. The minimum atomic E-state index is -0.512. The van der Waals surface area contributed by atoms with Gasteiger partial charge in [0.1, 0.15) is 0 Å². The minimum Gasteiger partial charge on any atom is -0.298 e. The molecule has 0 spiro atoms. The van der Waals surface area contributed by atoms with Gasteiger partial charge < -0.3 is 0 Å². The average Bonchev–Trinajstić information content (AvgIpc) is 2.76. The summed E-state index contributed by atoms with van der Waals surface area (Å²) < 4.78 is 0. The fourth-order valence-electron chi connectivity index (χ4n) is 2.51. The van der Waals surface area contributed by atoms with Crippen LogP contribution in [0.25, 0.3) is 0 Å². The number of hydrogen-bond acceptors (Lipinski definition) is 5. The SMILES string of the molecule is O=C(Nc1nc2c(s1)CCCCC2)c1cccc([N+](=O)[O-])c1. The number of nitro groups is 1. The zero-order valence-electron chi connectivity index (χ0n) is 11.9. The van der Waals surface area contributed by atoms with Crippen LogP contribution in [0.1, 0.15) is 40.2 Å². The van der Waals surface area contributed by atoms with E-state index in [2.05, 4.69) is 10.3 Å². The van der Waals surface area contributed by atoms with Crippen molar-refractivity contribution in [1.29, 1.82) is 0 Å². The molecule has 0 saturated heterocycles. The topological polar surface area (TPSA) is 85.1 Å². The number of non-ortho nitro benzene ring substituents is 1. The number of fused-ring (bicyclic) bond motifs is 1. The minimum absolute atomic E-state index is 0.0948. The third-order valence-electron chi connectivity index (χ3n) is 3.64. The van der Waals surface area contributed by atoms with E-state index in [0.29, 0.717) is 5.13 Å². The smallest absolute Gasteiger partial charge is 0.270 e. The van der Waals surface area contributed by atoms with E-state index in [1.165, 1.54) is 40.8 Å². The molecule has 3 rings (SSSR count). The third-order valence-corrected chi connectivity index (χ3v) is 4.71. The van der Waals surface area contributed by atoms with E-state index < -0.39 is 4.92 Å². The van der Waals surface area contributed by atoms with Gasteiger partial charge in [0.25, 0.3) is 11.6 Å². The zero-order chi connectivity index (χ0) is 15.5. The highest BCUT2D eigenvalue weighted by molar-refractivity contribution is 7.15. The first-order valence-electron chi connectivity index (χ1n) is 7.18. The van der Waals surface area contributed by atoms with Gasteiger partial charge in [-0.15, -0.1) is 11.3 Å². The summed E-state index contributed by atoms with van der Waals surface area (Å²) in [5.41, 5.74) is 1.25. The number of carbonyl (C=O) groups excluding carboxylic acids is 1. The summed E-state index contributed by atoms with van der Waals surface area (Å²) in [6.07, 6.45) is 5.49. The maximum Gasteiger partial charge on any atom is 0.270 e. The van der Waals surface area contributed by atoms with Gasteiger partial charge in [-0.3, -0.25) is 20.2 Å². The molecule has 0 unspecified atom stereocenters. The van der Waals surface area contributed by atoms with E-state index in [1.807, 2.05) is 0 Å². The van der Waals surface area contributed by atoms with Gasteiger partial charge in [-0.1, -0.05) is 12.5 Å². The number of hydrogen-bond donors (Lipinski definition) is 1. The number of aryl methyl sites for hydroxylation is 2.